The summed E-state index contributed by atoms with van der Waals surface area (Å²) in [7, 11) is 1.65. The van der Waals surface area contributed by atoms with Crippen molar-refractivity contribution < 1.29 is 18.5 Å². The molecular weight excluding hydrogens is 288 g/mol. The van der Waals surface area contributed by atoms with Gasteiger partial charge in [-0.2, -0.15) is 0 Å². The number of Topliss-reactive ketones (excluding diaryl/α,β-unsaturated/α-hetero) is 1. The minimum Gasteiger partial charge on any atom is -0.492 e. The monoisotopic (exact) mass is 302 g/mol. The lowest BCUT2D eigenvalue weighted by Crippen LogP contribution is -2.15. The molecule has 0 saturated heterocycles. The average Bonchev–Trinajstić information content (AvgIpc) is 2.40. The van der Waals surface area contributed by atoms with Gasteiger partial charge in [0.05, 0.1) is 28.7 Å². The van der Waals surface area contributed by atoms with Crippen LogP contribution in [0.1, 0.15) is 23.2 Å². The summed E-state index contributed by atoms with van der Waals surface area (Å²) < 4.78 is 15.8. The number of hydrogen-bond acceptors (Lipinski definition) is 5. The second-order valence-electron chi connectivity index (χ2n) is 4.05. The van der Waals surface area contributed by atoms with Gasteiger partial charge in [-0.25, -0.2) is 0 Å². The molecule has 0 aliphatic carbocycles. The van der Waals surface area contributed by atoms with Crippen LogP contribution in [-0.2, 0) is 8.92 Å². The summed E-state index contributed by atoms with van der Waals surface area (Å²) in [4.78, 5) is 12.4. The van der Waals surface area contributed by atoms with Crippen LogP contribution in [-0.4, -0.2) is 32.7 Å². The Morgan fingerprint density at radius 2 is 2.26 bits per heavy atom. The number of ketones is 1. The first-order chi connectivity index (χ1) is 9.22. The molecule has 6 heteroatoms. The molecule has 104 valence electrons. The van der Waals surface area contributed by atoms with Gasteiger partial charge >= 0.3 is 0 Å². The lowest BCUT2D eigenvalue weighted by Gasteiger charge is -2.17. The maximum atomic E-state index is 11.7. The smallest absolute Gasteiger partial charge is 0.170 e. The van der Waals surface area contributed by atoms with Crippen molar-refractivity contribution in [2.24, 2.45) is 0 Å². The highest BCUT2D eigenvalue weighted by Crippen LogP contribution is 2.36. The molecule has 0 saturated carbocycles. The predicted molar refractivity (Wildman–Crippen MR) is 74.2 cm³/mol. The van der Waals surface area contributed by atoms with Gasteiger partial charge in [0.15, 0.2) is 5.78 Å². The van der Waals surface area contributed by atoms with E-state index in [4.69, 9.17) is 25.3 Å². The number of rotatable bonds is 6. The second kappa shape index (κ2) is 7.14. The molecule has 1 aromatic rings. The predicted octanol–water partition coefficient (Wildman–Crippen LogP) is 3.37. The number of hydrogen-bond donors (Lipinski definition) is 0. The van der Waals surface area contributed by atoms with E-state index in [9.17, 15) is 4.79 Å². The van der Waals surface area contributed by atoms with Gasteiger partial charge in [-0.05, 0) is 18.6 Å². The van der Waals surface area contributed by atoms with E-state index in [0.717, 1.165) is 11.3 Å². The third kappa shape index (κ3) is 3.86. The van der Waals surface area contributed by atoms with Crippen LogP contribution < -0.4 is 4.74 Å². The van der Waals surface area contributed by atoms with Gasteiger partial charge in [0.2, 0.25) is 0 Å². The zero-order valence-corrected chi connectivity index (χ0v) is 12.2. The highest BCUT2D eigenvalue weighted by molar-refractivity contribution is 7.94. The van der Waals surface area contributed by atoms with E-state index in [1.54, 1.807) is 19.2 Å². The van der Waals surface area contributed by atoms with Gasteiger partial charge in [-0.15, -0.1) is 0 Å². The van der Waals surface area contributed by atoms with Crippen molar-refractivity contribution in [1.82, 2.24) is 0 Å². The lowest BCUT2D eigenvalue weighted by molar-refractivity contribution is 0.0933. The summed E-state index contributed by atoms with van der Waals surface area (Å²) in [5, 5.41) is 0.509. The van der Waals surface area contributed by atoms with Crippen LogP contribution in [0, 0.1) is 0 Å². The maximum Gasteiger partial charge on any atom is 0.170 e. The van der Waals surface area contributed by atoms with Gasteiger partial charge in [0.1, 0.15) is 5.75 Å². The molecule has 1 heterocycles. The Balaban J connectivity index is 1.99. The fraction of sp³-hybridized carbons (Fsp3) is 0.462. The van der Waals surface area contributed by atoms with E-state index in [0.29, 0.717) is 42.6 Å². The van der Waals surface area contributed by atoms with E-state index in [2.05, 4.69) is 0 Å². The number of methoxy groups -OCH3 is 1. The molecule has 0 amide bonds. The quantitative estimate of drug-likeness (QED) is 0.595. The lowest BCUT2D eigenvalue weighted by atomic mass is 10.1. The first kappa shape index (κ1) is 14.7. The van der Waals surface area contributed by atoms with Gasteiger partial charge in [0.25, 0.3) is 0 Å². The Hall–Kier alpha value is -0.750. The van der Waals surface area contributed by atoms with E-state index >= 15 is 0 Å². The minimum absolute atomic E-state index is 0.0701. The summed E-state index contributed by atoms with van der Waals surface area (Å²) in [6, 6.07) is 3.41. The Morgan fingerprint density at radius 1 is 1.42 bits per heavy atom. The van der Waals surface area contributed by atoms with Crippen LogP contribution >= 0.6 is 23.6 Å². The fourth-order valence-electron chi connectivity index (χ4n) is 1.69. The Labute approximate surface area is 121 Å². The Bertz CT molecular complexity index is 464. The fourth-order valence-corrected chi connectivity index (χ4v) is 2.57. The third-order valence-corrected chi connectivity index (χ3v) is 3.87. The SMILES string of the molecule is COCCCOSc1cc2c(cc1Cl)C(=O)CCO2. The van der Waals surface area contributed by atoms with Crippen molar-refractivity contribution in [2.75, 3.05) is 26.9 Å². The number of halogens is 1. The molecule has 0 N–H and O–H groups in total. The number of carbonyl (C=O) groups excluding carboxylic acids is 1. The number of fused-ring (bicyclic) bond motifs is 1. The number of carbonyl (C=O) groups is 1. The van der Waals surface area contributed by atoms with Crippen molar-refractivity contribution in [1.29, 1.82) is 0 Å². The third-order valence-electron chi connectivity index (χ3n) is 2.65. The van der Waals surface area contributed by atoms with Gasteiger partial charge in [0, 0.05) is 32.2 Å². The molecule has 1 aromatic carbocycles. The summed E-state index contributed by atoms with van der Waals surface area (Å²) in [5.41, 5.74) is 0.556. The number of ether oxygens (including phenoxy) is 2. The summed E-state index contributed by atoms with van der Waals surface area (Å²) in [5.74, 6) is 0.657. The number of benzene rings is 1. The largest absolute Gasteiger partial charge is 0.492 e. The van der Waals surface area contributed by atoms with Gasteiger partial charge in [-0.1, -0.05) is 11.6 Å². The molecule has 0 aromatic heterocycles. The Kier molecular flexibility index (Phi) is 5.51. The molecule has 0 bridgehead atoms. The standard InChI is InChI=1S/C13H15ClO4S/c1-16-4-2-5-18-19-13-8-12-9(7-10(13)14)11(15)3-6-17-12/h7-8H,2-6H2,1H3. The second-order valence-corrected chi connectivity index (χ2v) is 5.30. The molecule has 1 aliphatic rings. The van der Waals surface area contributed by atoms with Crippen molar-refractivity contribution in [3.05, 3.63) is 22.7 Å². The van der Waals surface area contributed by atoms with E-state index in [1.165, 1.54) is 12.0 Å². The summed E-state index contributed by atoms with van der Waals surface area (Å²) in [6.45, 7) is 1.66. The van der Waals surface area contributed by atoms with E-state index in [-0.39, 0.29) is 5.78 Å². The van der Waals surface area contributed by atoms with Crippen molar-refractivity contribution in [3.63, 3.8) is 0 Å². The first-order valence-corrected chi connectivity index (χ1v) is 7.12. The normalized spacial score (nSPS) is 14.1. The molecule has 0 radical (unpaired) electrons. The van der Waals surface area contributed by atoms with Crippen LogP contribution in [0.2, 0.25) is 5.02 Å². The molecule has 0 unspecified atom stereocenters. The highest BCUT2D eigenvalue weighted by Gasteiger charge is 2.20. The van der Waals surface area contributed by atoms with Gasteiger partial charge < -0.3 is 13.7 Å². The highest BCUT2D eigenvalue weighted by atomic mass is 35.5. The van der Waals surface area contributed by atoms with Gasteiger partial charge in [-0.3, -0.25) is 4.79 Å². The minimum atomic E-state index is 0.0701. The molecule has 19 heavy (non-hydrogen) atoms. The van der Waals surface area contributed by atoms with Crippen LogP contribution in [0.4, 0.5) is 0 Å². The zero-order valence-electron chi connectivity index (χ0n) is 10.6. The first-order valence-electron chi connectivity index (χ1n) is 6.00. The van der Waals surface area contributed by atoms with Crippen molar-refractivity contribution >= 4 is 29.4 Å². The molecule has 0 fully saturated rings. The van der Waals surface area contributed by atoms with Crippen LogP contribution in [0.25, 0.3) is 0 Å². The topological polar surface area (TPSA) is 44.8 Å². The zero-order chi connectivity index (χ0) is 13.7. The molecule has 0 atom stereocenters. The van der Waals surface area contributed by atoms with Crippen molar-refractivity contribution in [2.45, 2.75) is 17.7 Å². The summed E-state index contributed by atoms with van der Waals surface area (Å²) >= 11 is 7.33. The van der Waals surface area contributed by atoms with E-state index in [1.807, 2.05) is 0 Å². The average molecular weight is 303 g/mol. The van der Waals surface area contributed by atoms with Crippen LogP contribution in [0.3, 0.4) is 0 Å². The van der Waals surface area contributed by atoms with Crippen LogP contribution in [0.5, 0.6) is 5.75 Å². The molecule has 2 rings (SSSR count). The molecule has 0 spiro atoms. The van der Waals surface area contributed by atoms with Crippen molar-refractivity contribution in [3.8, 4) is 5.75 Å². The Morgan fingerprint density at radius 3 is 3.05 bits per heavy atom. The van der Waals surface area contributed by atoms with E-state index < -0.39 is 0 Å². The molecular formula is C13H15ClO4S. The van der Waals surface area contributed by atoms with Crippen LogP contribution in [0.15, 0.2) is 17.0 Å². The summed E-state index contributed by atoms with van der Waals surface area (Å²) in [6.07, 6.45) is 1.23. The molecule has 1 aliphatic heterocycles. The molecule has 4 nitrogen and oxygen atoms in total. The maximum absolute atomic E-state index is 11.7.